The zero-order valence-corrected chi connectivity index (χ0v) is 11.7. The number of pyridine rings is 1. The molecule has 0 spiro atoms. The van der Waals surface area contributed by atoms with Gasteiger partial charge in [0.1, 0.15) is 0 Å². The molecule has 1 rings (SSSR count). The molecule has 4 heteroatoms. The van der Waals surface area contributed by atoms with Gasteiger partial charge in [-0.25, -0.2) is 0 Å². The van der Waals surface area contributed by atoms with Crippen molar-refractivity contribution >= 4 is 0 Å². The standard InChI is InChI=1S/C14H25N3O/c1-4-12(2)17(9-10-18-3)14(11-15)13-5-7-16-8-6-13/h5-8,12,14H,4,9-11,15H2,1-3H3. The maximum absolute atomic E-state index is 5.97. The van der Waals surface area contributed by atoms with E-state index in [1.54, 1.807) is 7.11 Å². The normalized spacial score (nSPS) is 14.7. The number of hydrogen-bond acceptors (Lipinski definition) is 4. The highest BCUT2D eigenvalue weighted by Crippen LogP contribution is 2.22. The summed E-state index contributed by atoms with van der Waals surface area (Å²) in [7, 11) is 1.73. The third kappa shape index (κ3) is 4.05. The number of ether oxygens (including phenoxy) is 1. The summed E-state index contributed by atoms with van der Waals surface area (Å²) in [5.74, 6) is 0. The minimum atomic E-state index is 0.234. The zero-order valence-electron chi connectivity index (χ0n) is 11.7. The van der Waals surface area contributed by atoms with Crippen LogP contribution in [0, 0.1) is 0 Å². The number of nitrogens with two attached hydrogens (primary N) is 1. The van der Waals surface area contributed by atoms with Crippen LogP contribution in [0.4, 0.5) is 0 Å². The highest BCUT2D eigenvalue weighted by atomic mass is 16.5. The molecule has 0 amide bonds. The number of methoxy groups -OCH3 is 1. The minimum Gasteiger partial charge on any atom is -0.383 e. The molecule has 0 radical (unpaired) electrons. The third-order valence-electron chi connectivity index (χ3n) is 3.43. The van der Waals surface area contributed by atoms with Gasteiger partial charge in [-0.2, -0.15) is 0 Å². The molecular weight excluding hydrogens is 226 g/mol. The number of nitrogens with zero attached hydrogens (tertiary/aromatic N) is 2. The summed E-state index contributed by atoms with van der Waals surface area (Å²) < 4.78 is 5.20. The number of rotatable bonds is 8. The molecule has 2 atom stereocenters. The van der Waals surface area contributed by atoms with Crippen LogP contribution in [0.3, 0.4) is 0 Å². The van der Waals surface area contributed by atoms with Crippen LogP contribution in [-0.4, -0.2) is 42.7 Å². The summed E-state index contributed by atoms with van der Waals surface area (Å²) in [6.45, 7) is 6.67. The molecule has 0 aromatic carbocycles. The molecule has 1 aromatic rings. The first-order valence-corrected chi connectivity index (χ1v) is 6.59. The fourth-order valence-corrected chi connectivity index (χ4v) is 2.16. The van der Waals surface area contributed by atoms with Crippen molar-refractivity contribution in [2.75, 3.05) is 26.8 Å². The Kier molecular flexibility index (Phi) is 6.86. The van der Waals surface area contributed by atoms with Gasteiger partial charge in [0.05, 0.1) is 6.61 Å². The molecule has 18 heavy (non-hydrogen) atoms. The molecule has 1 aromatic heterocycles. The van der Waals surface area contributed by atoms with E-state index in [1.165, 1.54) is 5.56 Å². The quantitative estimate of drug-likeness (QED) is 0.766. The highest BCUT2D eigenvalue weighted by Gasteiger charge is 2.22. The molecule has 0 saturated carbocycles. The SMILES string of the molecule is CCC(C)N(CCOC)C(CN)c1ccncc1. The van der Waals surface area contributed by atoms with Crippen molar-refractivity contribution in [2.45, 2.75) is 32.4 Å². The molecule has 1 heterocycles. The molecule has 0 aliphatic carbocycles. The van der Waals surface area contributed by atoms with Crippen molar-refractivity contribution in [1.82, 2.24) is 9.88 Å². The second-order valence-corrected chi connectivity index (χ2v) is 4.52. The number of hydrogen-bond donors (Lipinski definition) is 1. The van der Waals surface area contributed by atoms with Crippen molar-refractivity contribution in [3.05, 3.63) is 30.1 Å². The monoisotopic (exact) mass is 251 g/mol. The predicted octanol–water partition coefficient (Wildman–Crippen LogP) is 1.83. The molecule has 4 nitrogen and oxygen atoms in total. The zero-order chi connectivity index (χ0) is 13.4. The van der Waals surface area contributed by atoms with Gasteiger partial charge in [-0.1, -0.05) is 6.92 Å². The molecule has 102 valence electrons. The van der Waals surface area contributed by atoms with Gasteiger partial charge in [-0.3, -0.25) is 9.88 Å². The van der Waals surface area contributed by atoms with Gasteiger partial charge in [-0.05, 0) is 31.0 Å². The van der Waals surface area contributed by atoms with Gasteiger partial charge in [0.25, 0.3) is 0 Å². The Morgan fingerprint density at radius 1 is 1.39 bits per heavy atom. The van der Waals surface area contributed by atoms with E-state index in [0.717, 1.165) is 19.6 Å². The van der Waals surface area contributed by atoms with Crippen LogP contribution in [0.1, 0.15) is 31.9 Å². The lowest BCUT2D eigenvalue weighted by molar-refractivity contribution is 0.0902. The van der Waals surface area contributed by atoms with Crippen molar-refractivity contribution in [1.29, 1.82) is 0 Å². The van der Waals surface area contributed by atoms with E-state index in [1.807, 2.05) is 24.5 Å². The van der Waals surface area contributed by atoms with E-state index < -0.39 is 0 Å². The van der Waals surface area contributed by atoms with E-state index in [4.69, 9.17) is 10.5 Å². The fourth-order valence-electron chi connectivity index (χ4n) is 2.16. The Bertz CT molecular complexity index is 318. The Balaban J connectivity index is 2.86. The van der Waals surface area contributed by atoms with Crippen molar-refractivity contribution in [3.63, 3.8) is 0 Å². The van der Waals surface area contributed by atoms with E-state index in [2.05, 4.69) is 23.7 Å². The summed E-state index contributed by atoms with van der Waals surface area (Å²) in [5.41, 5.74) is 7.19. The minimum absolute atomic E-state index is 0.234. The van der Waals surface area contributed by atoms with Crippen LogP contribution in [0.15, 0.2) is 24.5 Å². The smallest absolute Gasteiger partial charge is 0.0590 e. The number of aromatic nitrogens is 1. The van der Waals surface area contributed by atoms with Gasteiger partial charge >= 0.3 is 0 Å². The van der Waals surface area contributed by atoms with Crippen molar-refractivity contribution in [2.24, 2.45) is 5.73 Å². The maximum Gasteiger partial charge on any atom is 0.0590 e. The Morgan fingerprint density at radius 2 is 2.06 bits per heavy atom. The average Bonchev–Trinajstić information content (AvgIpc) is 2.43. The predicted molar refractivity (Wildman–Crippen MR) is 74.4 cm³/mol. The van der Waals surface area contributed by atoms with Crippen molar-refractivity contribution < 1.29 is 4.74 Å². The van der Waals surface area contributed by atoms with Crippen LogP contribution in [-0.2, 0) is 4.74 Å². The third-order valence-corrected chi connectivity index (χ3v) is 3.43. The largest absolute Gasteiger partial charge is 0.383 e. The molecule has 0 bridgehead atoms. The highest BCUT2D eigenvalue weighted by molar-refractivity contribution is 5.16. The van der Waals surface area contributed by atoms with Gasteiger partial charge < -0.3 is 10.5 Å². The molecule has 0 aliphatic rings. The summed E-state index contributed by atoms with van der Waals surface area (Å²) >= 11 is 0. The van der Waals surface area contributed by atoms with Crippen LogP contribution < -0.4 is 5.73 Å². The first-order chi connectivity index (χ1) is 8.74. The van der Waals surface area contributed by atoms with Gasteiger partial charge in [0.2, 0.25) is 0 Å². The van der Waals surface area contributed by atoms with E-state index in [-0.39, 0.29) is 6.04 Å². The van der Waals surface area contributed by atoms with Gasteiger partial charge in [-0.15, -0.1) is 0 Å². The van der Waals surface area contributed by atoms with E-state index in [0.29, 0.717) is 12.6 Å². The van der Waals surface area contributed by atoms with Gasteiger partial charge in [0, 0.05) is 44.7 Å². The summed E-state index contributed by atoms with van der Waals surface area (Å²) in [5, 5.41) is 0. The van der Waals surface area contributed by atoms with Crippen LogP contribution in [0.5, 0.6) is 0 Å². The van der Waals surface area contributed by atoms with Crippen LogP contribution in [0.25, 0.3) is 0 Å². The van der Waals surface area contributed by atoms with Crippen LogP contribution in [0.2, 0.25) is 0 Å². The van der Waals surface area contributed by atoms with Crippen molar-refractivity contribution in [3.8, 4) is 0 Å². The average molecular weight is 251 g/mol. The first kappa shape index (κ1) is 15.1. The molecule has 2 unspecified atom stereocenters. The van der Waals surface area contributed by atoms with Gasteiger partial charge in [0.15, 0.2) is 0 Å². The lowest BCUT2D eigenvalue weighted by Crippen LogP contribution is -2.41. The Hall–Kier alpha value is -0.970. The molecule has 0 aliphatic heterocycles. The lowest BCUT2D eigenvalue weighted by atomic mass is 10.0. The molecular formula is C14H25N3O. The summed E-state index contributed by atoms with van der Waals surface area (Å²) in [6.07, 6.45) is 4.75. The molecule has 2 N–H and O–H groups in total. The molecule has 0 fully saturated rings. The maximum atomic E-state index is 5.97. The van der Waals surface area contributed by atoms with Crippen LogP contribution >= 0.6 is 0 Å². The first-order valence-electron chi connectivity index (χ1n) is 6.59. The van der Waals surface area contributed by atoms with E-state index >= 15 is 0 Å². The Morgan fingerprint density at radius 3 is 2.56 bits per heavy atom. The topological polar surface area (TPSA) is 51.4 Å². The van der Waals surface area contributed by atoms with E-state index in [9.17, 15) is 0 Å². The Labute approximate surface area is 110 Å². The fraction of sp³-hybridized carbons (Fsp3) is 0.643. The lowest BCUT2D eigenvalue weighted by Gasteiger charge is -2.35. The second-order valence-electron chi connectivity index (χ2n) is 4.52. The summed E-state index contributed by atoms with van der Waals surface area (Å²) in [4.78, 5) is 6.48. The molecule has 0 saturated heterocycles. The second kappa shape index (κ2) is 8.19. The summed E-state index contributed by atoms with van der Waals surface area (Å²) in [6, 6.07) is 4.80.